The van der Waals surface area contributed by atoms with E-state index in [0.29, 0.717) is 29.2 Å². The second-order valence-corrected chi connectivity index (χ2v) is 8.82. The molecule has 3 heterocycles. The standard InChI is InChI=1S/C23H27N7O/c1-13(15-6-7-17-16(10-15)8-9-24-17)25-22-26-19(23(2,3)31)12-20(28-22)27-21-11-18(29-30-21)14-4-5-14/h6-14,24,31H,4-5H2,1-3H3,(H3,25,26,27,28,29,30). The number of aromatic amines is 2. The molecule has 8 nitrogen and oxygen atoms in total. The summed E-state index contributed by atoms with van der Waals surface area (Å²) in [6.45, 7) is 5.49. The third kappa shape index (κ3) is 4.25. The van der Waals surface area contributed by atoms with Crippen LogP contribution in [0.3, 0.4) is 0 Å². The normalized spacial score (nSPS) is 15.2. The lowest BCUT2D eigenvalue weighted by Crippen LogP contribution is -2.20. The predicted molar refractivity (Wildman–Crippen MR) is 121 cm³/mol. The molecule has 1 atom stereocenters. The van der Waals surface area contributed by atoms with Crippen molar-refractivity contribution in [3.63, 3.8) is 0 Å². The van der Waals surface area contributed by atoms with E-state index in [1.807, 2.05) is 12.3 Å². The molecule has 160 valence electrons. The van der Waals surface area contributed by atoms with Gasteiger partial charge in [0.05, 0.1) is 11.7 Å². The molecule has 5 rings (SSSR count). The quantitative estimate of drug-likeness (QED) is 0.298. The van der Waals surface area contributed by atoms with Crippen LogP contribution in [0.25, 0.3) is 10.9 Å². The van der Waals surface area contributed by atoms with Gasteiger partial charge in [0.1, 0.15) is 11.4 Å². The summed E-state index contributed by atoms with van der Waals surface area (Å²) < 4.78 is 0. The smallest absolute Gasteiger partial charge is 0.225 e. The van der Waals surface area contributed by atoms with Crippen LogP contribution in [0.2, 0.25) is 0 Å². The lowest BCUT2D eigenvalue weighted by Gasteiger charge is -2.20. The number of hydrogen-bond donors (Lipinski definition) is 5. The van der Waals surface area contributed by atoms with Crippen molar-refractivity contribution < 1.29 is 5.11 Å². The number of nitrogens with zero attached hydrogens (tertiary/aromatic N) is 3. The van der Waals surface area contributed by atoms with E-state index in [4.69, 9.17) is 0 Å². The number of anilines is 3. The summed E-state index contributed by atoms with van der Waals surface area (Å²) in [5.74, 6) is 2.33. The number of hydrogen-bond acceptors (Lipinski definition) is 6. The number of benzene rings is 1. The van der Waals surface area contributed by atoms with Crippen molar-refractivity contribution in [1.82, 2.24) is 25.1 Å². The minimum Gasteiger partial charge on any atom is -0.384 e. The van der Waals surface area contributed by atoms with Crippen molar-refractivity contribution >= 4 is 28.5 Å². The van der Waals surface area contributed by atoms with Crippen LogP contribution in [-0.4, -0.2) is 30.3 Å². The number of aliphatic hydroxyl groups is 1. The minimum atomic E-state index is -1.10. The molecule has 0 saturated heterocycles. The van der Waals surface area contributed by atoms with E-state index in [9.17, 15) is 5.11 Å². The van der Waals surface area contributed by atoms with E-state index in [1.54, 1.807) is 19.9 Å². The average molecular weight is 418 g/mol. The number of rotatable bonds is 7. The molecule has 0 amide bonds. The topological polar surface area (TPSA) is 115 Å². The molecule has 4 aromatic rings. The predicted octanol–water partition coefficient (Wildman–Crippen LogP) is 4.70. The molecular formula is C23H27N7O. The number of aromatic nitrogens is 5. The van der Waals surface area contributed by atoms with Gasteiger partial charge in [-0.3, -0.25) is 5.10 Å². The van der Waals surface area contributed by atoms with Gasteiger partial charge in [-0.05, 0) is 62.8 Å². The second kappa shape index (κ2) is 7.39. The van der Waals surface area contributed by atoms with Gasteiger partial charge in [-0.25, -0.2) is 4.98 Å². The zero-order valence-corrected chi connectivity index (χ0v) is 17.9. The molecule has 1 unspecified atom stereocenters. The summed E-state index contributed by atoms with van der Waals surface area (Å²) in [7, 11) is 0. The fourth-order valence-corrected chi connectivity index (χ4v) is 3.64. The highest BCUT2D eigenvalue weighted by atomic mass is 16.3. The Morgan fingerprint density at radius 2 is 1.94 bits per heavy atom. The number of H-pyrrole nitrogens is 2. The molecular weight excluding hydrogens is 390 g/mol. The SMILES string of the molecule is CC(Nc1nc(Nc2cc(C3CC3)[nH]n2)cc(C(C)(C)O)n1)c1ccc2[nH]ccc2c1. The Morgan fingerprint density at radius 3 is 2.71 bits per heavy atom. The lowest BCUT2D eigenvalue weighted by molar-refractivity contribution is 0.0739. The first-order chi connectivity index (χ1) is 14.8. The van der Waals surface area contributed by atoms with Crippen LogP contribution in [0.1, 0.15) is 62.5 Å². The molecule has 1 aromatic carbocycles. The maximum Gasteiger partial charge on any atom is 0.225 e. The maximum atomic E-state index is 10.6. The monoisotopic (exact) mass is 417 g/mol. The summed E-state index contributed by atoms with van der Waals surface area (Å²) in [5.41, 5.74) is 2.80. The van der Waals surface area contributed by atoms with Crippen molar-refractivity contribution in [2.24, 2.45) is 0 Å². The highest BCUT2D eigenvalue weighted by Crippen LogP contribution is 2.39. The highest BCUT2D eigenvalue weighted by molar-refractivity contribution is 5.80. The van der Waals surface area contributed by atoms with Crippen LogP contribution in [0.15, 0.2) is 42.6 Å². The van der Waals surface area contributed by atoms with E-state index >= 15 is 0 Å². The van der Waals surface area contributed by atoms with Gasteiger partial charge in [-0.1, -0.05) is 6.07 Å². The van der Waals surface area contributed by atoms with E-state index in [2.05, 4.69) is 67.0 Å². The van der Waals surface area contributed by atoms with Gasteiger partial charge >= 0.3 is 0 Å². The van der Waals surface area contributed by atoms with E-state index in [1.165, 1.54) is 12.8 Å². The van der Waals surface area contributed by atoms with Crippen molar-refractivity contribution in [2.45, 2.75) is 51.2 Å². The Kier molecular flexibility index (Phi) is 4.66. The Hall–Kier alpha value is -3.39. The summed E-state index contributed by atoms with van der Waals surface area (Å²) in [6.07, 6.45) is 4.35. The largest absolute Gasteiger partial charge is 0.384 e. The van der Waals surface area contributed by atoms with Crippen LogP contribution in [0, 0.1) is 0 Å². The van der Waals surface area contributed by atoms with Crippen LogP contribution in [0.4, 0.5) is 17.6 Å². The molecule has 0 aliphatic heterocycles. The average Bonchev–Trinajstić information content (AvgIpc) is 3.28. The van der Waals surface area contributed by atoms with Gasteiger partial charge in [-0.2, -0.15) is 10.1 Å². The van der Waals surface area contributed by atoms with Crippen molar-refractivity contribution in [2.75, 3.05) is 10.6 Å². The van der Waals surface area contributed by atoms with Gasteiger partial charge < -0.3 is 20.7 Å². The van der Waals surface area contributed by atoms with Gasteiger partial charge in [0.2, 0.25) is 5.95 Å². The molecule has 1 saturated carbocycles. The molecule has 8 heteroatoms. The van der Waals surface area contributed by atoms with Crippen molar-refractivity contribution in [3.8, 4) is 0 Å². The first-order valence-electron chi connectivity index (χ1n) is 10.6. The highest BCUT2D eigenvalue weighted by Gasteiger charge is 2.26. The fourth-order valence-electron chi connectivity index (χ4n) is 3.64. The molecule has 31 heavy (non-hydrogen) atoms. The fraction of sp³-hybridized carbons (Fsp3) is 0.348. The van der Waals surface area contributed by atoms with Crippen LogP contribution >= 0.6 is 0 Å². The Bertz CT molecular complexity index is 1220. The molecule has 1 aliphatic rings. The van der Waals surface area contributed by atoms with Gasteiger partial charge in [-0.15, -0.1) is 0 Å². The maximum absolute atomic E-state index is 10.6. The van der Waals surface area contributed by atoms with Crippen molar-refractivity contribution in [3.05, 3.63) is 59.5 Å². The van der Waals surface area contributed by atoms with E-state index < -0.39 is 5.60 Å². The number of fused-ring (bicyclic) bond motifs is 1. The first-order valence-corrected chi connectivity index (χ1v) is 10.6. The zero-order valence-electron chi connectivity index (χ0n) is 17.9. The molecule has 1 aliphatic carbocycles. The minimum absolute atomic E-state index is 0.0175. The zero-order chi connectivity index (χ0) is 21.6. The molecule has 0 bridgehead atoms. The third-order valence-electron chi connectivity index (χ3n) is 5.65. The summed E-state index contributed by atoms with van der Waals surface area (Å²) in [4.78, 5) is 12.4. The Balaban J connectivity index is 1.41. The second-order valence-electron chi connectivity index (χ2n) is 8.82. The van der Waals surface area contributed by atoms with E-state index in [0.717, 1.165) is 22.2 Å². The molecule has 3 aromatic heterocycles. The lowest BCUT2D eigenvalue weighted by atomic mass is 10.1. The molecule has 0 radical (unpaired) electrons. The van der Waals surface area contributed by atoms with Gasteiger partial charge in [0, 0.05) is 35.5 Å². The van der Waals surface area contributed by atoms with Crippen LogP contribution in [-0.2, 0) is 5.60 Å². The summed E-state index contributed by atoms with van der Waals surface area (Å²) in [5, 5.41) is 25.8. The van der Waals surface area contributed by atoms with Crippen LogP contribution < -0.4 is 10.6 Å². The summed E-state index contributed by atoms with van der Waals surface area (Å²) >= 11 is 0. The Labute approximate surface area is 180 Å². The van der Waals surface area contributed by atoms with E-state index in [-0.39, 0.29) is 6.04 Å². The number of nitrogens with one attached hydrogen (secondary N) is 4. The molecule has 0 spiro atoms. The van der Waals surface area contributed by atoms with Gasteiger partial charge in [0.25, 0.3) is 0 Å². The molecule has 1 fully saturated rings. The molecule has 5 N–H and O–H groups in total. The van der Waals surface area contributed by atoms with Crippen molar-refractivity contribution in [1.29, 1.82) is 0 Å². The van der Waals surface area contributed by atoms with Crippen LogP contribution in [0.5, 0.6) is 0 Å². The Morgan fingerprint density at radius 1 is 1.10 bits per heavy atom. The van der Waals surface area contributed by atoms with Gasteiger partial charge in [0.15, 0.2) is 5.82 Å². The third-order valence-corrected chi connectivity index (χ3v) is 5.65. The first kappa shape index (κ1) is 19.6. The summed E-state index contributed by atoms with van der Waals surface area (Å²) in [6, 6.07) is 12.1.